The van der Waals surface area contributed by atoms with Crippen molar-refractivity contribution in [3.63, 3.8) is 0 Å². The van der Waals surface area contributed by atoms with Gasteiger partial charge in [-0.3, -0.25) is 0 Å². The third kappa shape index (κ3) is 5.17. The first-order valence-electron chi connectivity index (χ1n) is 13.4. The van der Waals surface area contributed by atoms with Crippen LogP contribution in [0.4, 0.5) is 0 Å². The monoisotopic (exact) mass is 550 g/mol. The average Bonchev–Trinajstić information content (AvgIpc) is 3.01. The van der Waals surface area contributed by atoms with E-state index in [2.05, 4.69) is 121 Å². The number of fused-ring (bicyclic) bond motifs is 4. The van der Waals surface area contributed by atoms with E-state index in [-0.39, 0.29) is 0 Å². The normalized spacial score (nSPS) is 11.9. The van der Waals surface area contributed by atoms with Gasteiger partial charge in [0.1, 0.15) is 21.9 Å². The summed E-state index contributed by atoms with van der Waals surface area (Å²) >= 11 is 2.99. The minimum Gasteiger partial charge on any atom is -0.192 e. The van der Waals surface area contributed by atoms with E-state index in [1.807, 2.05) is 0 Å². The summed E-state index contributed by atoms with van der Waals surface area (Å²) in [5, 5.41) is 29.9. The third-order valence-electron chi connectivity index (χ3n) is 7.37. The number of rotatable bonds is 8. The number of allylic oxidation sites excluding steroid dienone is 2. The molecule has 0 bridgehead atoms. The van der Waals surface area contributed by atoms with Gasteiger partial charge in [-0.15, -0.1) is 23.5 Å². The number of hydrogen-bond donors (Lipinski definition) is 0. The average molecular weight is 551 g/mol. The molecule has 0 N–H and O–H groups in total. The van der Waals surface area contributed by atoms with Gasteiger partial charge in [-0.1, -0.05) is 97.1 Å². The van der Waals surface area contributed by atoms with Crippen molar-refractivity contribution < 1.29 is 0 Å². The van der Waals surface area contributed by atoms with Crippen LogP contribution in [0.25, 0.3) is 43.1 Å². The van der Waals surface area contributed by atoms with Gasteiger partial charge in [-0.25, -0.2) is 0 Å². The Hall–Kier alpha value is -4.22. The highest BCUT2D eigenvalue weighted by Crippen LogP contribution is 2.34. The lowest BCUT2D eigenvalue weighted by Crippen LogP contribution is -1.95. The lowest BCUT2D eigenvalue weighted by Gasteiger charge is -2.12. The third-order valence-corrected chi connectivity index (χ3v) is 9.49. The highest BCUT2D eigenvalue weighted by Gasteiger charge is 2.13. The fraction of sp³-hybridized carbons (Fsp3) is 0.111. The summed E-state index contributed by atoms with van der Waals surface area (Å²) in [6.07, 6.45) is 1.65. The zero-order valence-electron chi connectivity index (χ0n) is 21.9. The molecule has 2 nitrogen and oxygen atoms in total. The first-order chi connectivity index (χ1) is 19.8. The molecule has 0 fully saturated rings. The van der Waals surface area contributed by atoms with E-state index in [9.17, 15) is 10.5 Å². The van der Waals surface area contributed by atoms with Crippen LogP contribution < -0.4 is 0 Å². The molecular formula is C36H26N2S2. The van der Waals surface area contributed by atoms with Gasteiger partial charge in [0.2, 0.25) is 0 Å². The standard InChI is InChI=1S/C36H26N2S2/c37-23-35(39-19-17-33-29-13-5-1-9-25(29)21-26-10-2-6-14-30(26)33)36(24-38)40-20-18-34-31-15-7-3-11-27(31)22-28-12-4-8-16-32(28)34/h1-16,21-22H,17-20H2/b36-35+. The molecule has 6 aromatic carbocycles. The van der Waals surface area contributed by atoms with Gasteiger partial charge in [0.25, 0.3) is 0 Å². The molecule has 4 heteroatoms. The first kappa shape index (κ1) is 26.0. The molecule has 0 aliphatic heterocycles. The number of nitriles is 2. The van der Waals surface area contributed by atoms with Crippen LogP contribution in [-0.4, -0.2) is 11.5 Å². The molecule has 6 rings (SSSR count). The molecule has 0 unspecified atom stereocenters. The molecule has 0 radical (unpaired) electrons. The molecule has 0 aliphatic rings. The molecule has 0 aromatic heterocycles. The topological polar surface area (TPSA) is 47.6 Å². The summed E-state index contributed by atoms with van der Waals surface area (Å²) in [6.45, 7) is 0. The van der Waals surface area contributed by atoms with Crippen LogP contribution in [0.15, 0.2) is 119 Å². The molecule has 0 spiro atoms. The highest BCUT2D eigenvalue weighted by atomic mass is 32.2. The van der Waals surface area contributed by atoms with E-state index in [1.54, 1.807) is 0 Å². The van der Waals surface area contributed by atoms with Crippen molar-refractivity contribution in [3.05, 3.63) is 130 Å². The summed E-state index contributed by atoms with van der Waals surface area (Å²) in [6, 6.07) is 43.1. The summed E-state index contributed by atoms with van der Waals surface area (Å²) in [5.74, 6) is 1.47. The van der Waals surface area contributed by atoms with Gasteiger partial charge in [0.05, 0.1) is 0 Å². The molecule has 40 heavy (non-hydrogen) atoms. The van der Waals surface area contributed by atoms with E-state index in [0.717, 1.165) is 24.3 Å². The van der Waals surface area contributed by atoms with Gasteiger partial charge < -0.3 is 0 Å². The highest BCUT2D eigenvalue weighted by molar-refractivity contribution is 8.07. The number of hydrogen-bond acceptors (Lipinski definition) is 4. The SMILES string of the molecule is N#C/C(SCCc1c2ccccc2cc2ccccc12)=C(/C#N)SCCc1c2ccccc2cc2ccccc12. The van der Waals surface area contributed by atoms with Crippen LogP contribution in [-0.2, 0) is 12.8 Å². The lowest BCUT2D eigenvalue weighted by molar-refractivity contribution is 1.20. The number of benzene rings is 6. The van der Waals surface area contributed by atoms with E-state index in [0.29, 0.717) is 9.81 Å². The quantitative estimate of drug-likeness (QED) is 0.140. The molecule has 192 valence electrons. The van der Waals surface area contributed by atoms with Crippen LogP contribution >= 0.6 is 23.5 Å². The van der Waals surface area contributed by atoms with E-state index in [1.165, 1.54) is 77.7 Å². The zero-order valence-corrected chi connectivity index (χ0v) is 23.6. The fourth-order valence-corrected chi connectivity index (χ4v) is 7.42. The lowest BCUT2D eigenvalue weighted by atomic mass is 9.95. The van der Waals surface area contributed by atoms with Crippen molar-refractivity contribution >= 4 is 66.6 Å². The van der Waals surface area contributed by atoms with Gasteiger partial charge in [0.15, 0.2) is 0 Å². The Morgan fingerprint density at radius 3 is 1.07 bits per heavy atom. The molecule has 0 atom stereocenters. The molecule has 0 saturated carbocycles. The molecule has 0 aliphatic carbocycles. The Bertz CT molecular complexity index is 1740. The summed E-state index contributed by atoms with van der Waals surface area (Å²) in [4.78, 5) is 1.03. The maximum atomic E-state index is 9.97. The van der Waals surface area contributed by atoms with Gasteiger partial charge >= 0.3 is 0 Å². The van der Waals surface area contributed by atoms with Crippen LogP contribution in [0.3, 0.4) is 0 Å². The van der Waals surface area contributed by atoms with Crippen molar-refractivity contribution in [2.45, 2.75) is 12.8 Å². The second kappa shape index (κ2) is 11.9. The summed E-state index contributed by atoms with van der Waals surface area (Å²) in [5.41, 5.74) is 2.60. The van der Waals surface area contributed by atoms with Crippen LogP contribution in [0, 0.1) is 22.7 Å². The number of aryl methyl sites for hydroxylation is 2. The molecular weight excluding hydrogens is 525 g/mol. The van der Waals surface area contributed by atoms with Crippen molar-refractivity contribution in [1.82, 2.24) is 0 Å². The Morgan fingerprint density at radius 1 is 0.475 bits per heavy atom. The second-order valence-electron chi connectivity index (χ2n) is 9.67. The Balaban J connectivity index is 1.21. The number of nitrogens with zero attached hydrogens (tertiary/aromatic N) is 2. The van der Waals surface area contributed by atoms with Crippen LogP contribution in [0.1, 0.15) is 11.1 Å². The molecule has 0 heterocycles. The van der Waals surface area contributed by atoms with Crippen molar-refractivity contribution in [1.29, 1.82) is 10.5 Å². The maximum Gasteiger partial charge on any atom is 0.109 e. The van der Waals surface area contributed by atoms with Crippen LogP contribution in [0.5, 0.6) is 0 Å². The Labute approximate surface area is 242 Å². The summed E-state index contributed by atoms with van der Waals surface area (Å²) in [7, 11) is 0. The second-order valence-corrected chi connectivity index (χ2v) is 11.9. The van der Waals surface area contributed by atoms with Gasteiger partial charge in [0, 0.05) is 11.5 Å². The fourth-order valence-electron chi connectivity index (χ4n) is 5.56. The maximum absolute atomic E-state index is 9.97. The molecule has 6 aromatic rings. The largest absolute Gasteiger partial charge is 0.192 e. The van der Waals surface area contributed by atoms with E-state index < -0.39 is 0 Å². The Kier molecular flexibility index (Phi) is 7.73. The van der Waals surface area contributed by atoms with Crippen molar-refractivity contribution in [2.75, 3.05) is 11.5 Å². The number of thioether (sulfide) groups is 2. The van der Waals surface area contributed by atoms with Crippen molar-refractivity contribution in [2.24, 2.45) is 0 Å². The van der Waals surface area contributed by atoms with Crippen molar-refractivity contribution in [3.8, 4) is 12.1 Å². The van der Waals surface area contributed by atoms with Gasteiger partial charge in [-0.2, -0.15) is 10.5 Å². The first-order valence-corrected chi connectivity index (χ1v) is 15.3. The van der Waals surface area contributed by atoms with Crippen LogP contribution in [0.2, 0.25) is 0 Å². The van der Waals surface area contributed by atoms with E-state index in [4.69, 9.17) is 0 Å². The predicted molar refractivity (Wildman–Crippen MR) is 173 cm³/mol. The predicted octanol–water partition coefficient (Wildman–Crippen LogP) is 9.81. The summed E-state index contributed by atoms with van der Waals surface area (Å²) < 4.78 is 0. The Morgan fingerprint density at radius 2 is 0.775 bits per heavy atom. The minimum absolute atomic E-state index is 0.514. The molecule has 0 amide bonds. The molecule has 0 saturated heterocycles. The zero-order chi connectivity index (χ0) is 27.3. The minimum atomic E-state index is 0.514. The smallest absolute Gasteiger partial charge is 0.109 e. The van der Waals surface area contributed by atoms with E-state index >= 15 is 0 Å². The van der Waals surface area contributed by atoms with Gasteiger partial charge in [-0.05, 0) is 79.2 Å².